The number of hydrogen-bond acceptors (Lipinski definition) is 4. The maximum absolute atomic E-state index is 12.2. The van der Waals surface area contributed by atoms with Crippen molar-refractivity contribution in [1.29, 1.82) is 0 Å². The lowest BCUT2D eigenvalue weighted by molar-refractivity contribution is -0.117. The van der Waals surface area contributed by atoms with Crippen molar-refractivity contribution < 1.29 is 13.2 Å². The van der Waals surface area contributed by atoms with Crippen molar-refractivity contribution in [3.8, 4) is 0 Å². The standard InChI is InChI=1S/C15H23N3O3S.ClH/c1-17(2)11-4-10-16-22(20,21)14-8-6-13(7-9-14)18-12-3-5-15(18)19;/h6-9,16H,3-5,10-12H2,1-2H3;1H. The fraction of sp³-hybridized carbons (Fsp3) is 0.533. The number of hydrogen-bond donors (Lipinski definition) is 1. The molecule has 0 spiro atoms. The van der Waals surface area contributed by atoms with Gasteiger partial charge in [-0.15, -0.1) is 12.4 Å². The molecule has 6 nitrogen and oxygen atoms in total. The molecule has 1 heterocycles. The van der Waals surface area contributed by atoms with Crippen LogP contribution < -0.4 is 9.62 Å². The van der Waals surface area contributed by atoms with Crippen LogP contribution in [-0.2, 0) is 14.8 Å². The van der Waals surface area contributed by atoms with E-state index in [2.05, 4.69) is 4.72 Å². The van der Waals surface area contributed by atoms with Crippen molar-refractivity contribution in [2.75, 3.05) is 38.6 Å². The highest BCUT2D eigenvalue weighted by molar-refractivity contribution is 7.89. The van der Waals surface area contributed by atoms with Gasteiger partial charge in [0.15, 0.2) is 0 Å². The number of carbonyl (C=O) groups excluding carboxylic acids is 1. The minimum atomic E-state index is -3.48. The Kier molecular flexibility index (Phi) is 7.47. The molecule has 0 aliphatic carbocycles. The lowest BCUT2D eigenvalue weighted by atomic mass is 10.3. The molecule has 1 aromatic carbocycles. The summed E-state index contributed by atoms with van der Waals surface area (Å²) >= 11 is 0. The first kappa shape index (κ1) is 19.9. The lowest BCUT2D eigenvalue weighted by Crippen LogP contribution is -2.27. The third-order valence-corrected chi connectivity index (χ3v) is 5.08. The van der Waals surface area contributed by atoms with E-state index in [1.807, 2.05) is 19.0 Å². The van der Waals surface area contributed by atoms with Gasteiger partial charge in [0, 0.05) is 25.2 Å². The van der Waals surface area contributed by atoms with Crippen LogP contribution in [-0.4, -0.2) is 53.0 Å². The molecule has 0 radical (unpaired) electrons. The van der Waals surface area contributed by atoms with Crippen molar-refractivity contribution in [3.05, 3.63) is 24.3 Å². The molecule has 1 saturated heterocycles. The predicted octanol–water partition coefficient (Wildman–Crippen LogP) is 1.47. The molecule has 1 aliphatic rings. The topological polar surface area (TPSA) is 69.7 Å². The molecule has 0 unspecified atom stereocenters. The van der Waals surface area contributed by atoms with E-state index in [0.29, 0.717) is 19.5 Å². The van der Waals surface area contributed by atoms with Gasteiger partial charge >= 0.3 is 0 Å². The molecule has 0 bridgehead atoms. The average molecular weight is 362 g/mol. The third-order valence-electron chi connectivity index (χ3n) is 3.61. The molecule has 1 aromatic rings. The molecule has 1 fully saturated rings. The summed E-state index contributed by atoms with van der Waals surface area (Å²) in [7, 11) is 0.419. The molecule has 130 valence electrons. The van der Waals surface area contributed by atoms with Crippen LogP contribution >= 0.6 is 12.4 Å². The number of sulfonamides is 1. The largest absolute Gasteiger partial charge is 0.312 e. The smallest absolute Gasteiger partial charge is 0.240 e. The summed E-state index contributed by atoms with van der Waals surface area (Å²) in [5.41, 5.74) is 0.758. The highest BCUT2D eigenvalue weighted by atomic mass is 35.5. The van der Waals surface area contributed by atoms with Crippen LogP contribution in [0.25, 0.3) is 0 Å². The van der Waals surface area contributed by atoms with E-state index in [4.69, 9.17) is 0 Å². The molecule has 0 aromatic heterocycles. The number of anilines is 1. The van der Waals surface area contributed by atoms with Crippen LogP contribution in [0.1, 0.15) is 19.3 Å². The van der Waals surface area contributed by atoms with E-state index in [1.165, 1.54) is 0 Å². The maximum Gasteiger partial charge on any atom is 0.240 e. The monoisotopic (exact) mass is 361 g/mol. The summed E-state index contributed by atoms with van der Waals surface area (Å²) in [5.74, 6) is 0.0948. The molecule has 8 heteroatoms. The van der Waals surface area contributed by atoms with Crippen molar-refractivity contribution >= 4 is 34.0 Å². The van der Waals surface area contributed by atoms with E-state index in [-0.39, 0.29) is 23.2 Å². The zero-order valence-electron chi connectivity index (χ0n) is 13.5. The Morgan fingerprint density at radius 3 is 2.39 bits per heavy atom. The van der Waals surface area contributed by atoms with Gasteiger partial charge in [0.1, 0.15) is 0 Å². The van der Waals surface area contributed by atoms with E-state index in [1.54, 1.807) is 29.2 Å². The fourth-order valence-electron chi connectivity index (χ4n) is 2.41. The molecule has 0 atom stereocenters. The van der Waals surface area contributed by atoms with E-state index >= 15 is 0 Å². The van der Waals surface area contributed by atoms with Gasteiger partial charge in [0.05, 0.1) is 4.90 Å². The zero-order chi connectivity index (χ0) is 16.2. The van der Waals surface area contributed by atoms with Crippen molar-refractivity contribution in [2.24, 2.45) is 0 Å². The third kappa shape index (κ3) is 5.46. The first-order valence-corrected chi connectivity index (χ1v) is 8.93. The quantitative estimate of drug-likeness (QED) is 0.746. The number of amides is 1. The summed E-state index contributed by atoms with van der Waals surface area (Å²) in [6.07, 6.45) is 2.17. The van der Waals surface area contributed by atoms with Gasteiger partial charge < -0.3 is 9.80 Å². The lowest BCUT2D eigenvalue weighted by Gasteiger charge is -2.16. The van der Waals surface area contributed by atoms with E-state index < -0.39 is 10.0 Å². The summed E-state index contributed by atoms with van der Waals surface area (Å²) in [5, 5.41) is 0. The van der Waals surface area contributed by atoms with Crippen LogP contribution in [0.5, 0.6) is 0 Å². The van der Waals surface area contributed by atoms with Gasteiger partial charge in [-0.05, 0) is 57.7 Å². The molecular formula is C15H24ClN3O3S. The molecule has 0 saturated carbocycles. The van der Waals surface area contributed by atoms with Gasteiger partial charge in [0.25, 0.3) is 0 Å². The number of carbonyl (C=O) groups is 1. The Hall–Kier alpha value is -1.15. The second-order valence-corrected chi connectivity index (χ2v) is 7.46. The van der Waals surface area contributed by atoms with Crippen molar-refractivity contribution in [3.63, 3.8) is 0 Å². The van der Waals surface area contributed by atoms with Gasteiger partial charge in [-0.3, -0.25) is 4.79 Å². The predicted molar refractivity (Wildman–Crippen MR) is 93.6 cm³/mol. The minimum Gasteiger partial charge on any atom is -0.312 e. The Balaban J connectivity index is 0.00000264. The average Bonchev–Trinajstić information content (AvgIpc) is 2.90. The molecular weight excluding hydrogens is 338 g/mol. The molecule has 23 heavy (non-hydrogen) atoms. The normalized spacial score (nSPS) is 15.1. The number of benzene rings is 1. The summed E-state index contributed by atoms with van der Waals surface area (Å²) in [6.45, 7) is 1.94. The summed E-state index contributed by atoms with van der Waals surface area (Å²) in [6, 6.07) is 6.49. The van der Waals surface area contributed by atoms with Crippen molar-refractivity contribution in [1.82, 2.24) is 9.62 Å². The first-order chi connectivity index (χ1) is 10.4. The molecule has 1 aliphatic heterocycles. The second-order valence-electron chi connectivity index (χ2n) is 5.70. The van der Waals surface area contributed by atoms with Gasteiger partial charge in [-0.1, -0.05) is 0 Å². The summed E-state index contributed by atoms with van der Waals surface area (Å²) < 4.78 is 26.9. The fourth-order valence-corrected chi connectivity index (χ4v) is 3.49. The SMILES string of the molecule is CN(C)CCCNS(=O)(=O)c1ccc(N2CCCC2=O)cc1.Cl. The summed E-state index contributed by atoms with van der Waals surface area (Å²) in [4.78, 5) is 15.6. The van der Waals surface area contributed by atoms with Gasteiger partial charge in [-0.25, -0.2) is 13.1 Å². The molecule has 1 amide bonds. The van der Waals surface area contributed by atoms with E-state index in [0.717, 1.165) is 25.1 Å². The number of nitrogens with zero attached hydrogens (tertiary/aromatic N) is 2. The molecule has 2 rings (SSSR count). The van der Waals surface area contributed by atoms with Crippen molar-refractivity contribution in [2.45, 2.75) is 24.2 Å². The zero-order valence-corrected chi connectivity index (χ0v) is 15.1. The highest BCUT2D eigenvalue weighted by Gasteiger charge is 2.22. The molecule has 1 N–H and O–H groups in total. The van der Waals surface area contributed by atoms with Crippen LogP contribution in [0.15, 0.2) is 29.2 Å². The van der Waals surface area contributed by atoms with Crippen LogP contribution in [0.3, 0.4) is 0 Å². The van der Waals surface area contributed by atoms with Crippen LogP contribution in [0, 0.1) is 0 Å². The number of rotatable bonds is 7. The van der Waals surface area contributed by atoms with Crippen LogP contribution in [0.2, 0.25) is 0 Å². The Bertz CT molecular complexity index is 617. The Morgan fingerprint density at radius 2 is 1.87 bits per heavy atom. The first-order valence-electron chi connectivity index (χ1n) is 7.45. The minimum absolute atomic E-state index is 0. The van der Waals surface area contributed by atoms with Crippen LogP contribution in [0.4, 0.5) is 5.69 Å². The Labute approximate surface area is 144 Å². The maximum atomic E-state index is 12.2. The Morgan fingerprint density at radius 1 is 1.22 bits per heavy atom. The van der Waals surface area contributed by atoms with Gasteiger partial charge in [0.2, 0.25) is 15.9 Å². The number of nitrogens with one attached hydrogen (secondary N) is 1. The second kappa shape index (κ2) is 8.63. The number of halogens is 1. The van der Waals surface area contributed by atoms with Gasteiger partial charge in [-0.2, -0.15) is 0 Å². The van der Waals surface area contributed by atoms with E-state index in [9.17, 15) is 13.2 Å². The highest BCUT2D eigenvalue weighted by Crippen LogP contribution is 2.22.